The fourth-order valence-electron chi connectivity index (χ4n) is 1.81. The van der Waals surface area contributed by atoms with Crippen LogP contribution in [0.1, 0.15) is 10.4 Å². The molecule has 1 aromatic carbocycles. The van der Waals surface area contributed by atoms with Crippen molar-refractivity contribution < 1.29 is 9.90 Å². The van der Waals surface area contributed by atoms with Crippen LogP contribution in [0.2, 0.25) is 0 Å². The Hall–Kier alpha value is -2.21. The molecule has 0 spiro atoms. The molecule has 0 unspecified atom stereocenters. The van der Waals surface area contributed by atoms with Gasteiger partial charge >= 0.3 is 5.97 Å². The average molecular weight is 318 g/mol. The smallest absolute Gasteiger partial charge is 0.337 e. The third kappa shape index (κ3) is 2.10. The number of halogens is 1. The first-order valence-electron chi connectivity index (χ1n) is 5.49. The standard InChI is InChI=1S/C13H8BrN3O2/c14-10-4-1-8(2-5-10)12-16-15-11-6-3-9(13(18)19)7-17(11)12/h1-7H,(H,18,19). The Kier molecular flexibility index (Phi) is 2.79. The zero-order chi connectivity index (χ0) is 13.4. The van der Waals surface area contributed by atoms with Crippen LogP contribution < -0.4 is 0 Å². The monoisotopic (exact) mass is 317 g/mol. The molecule has 0 aliphatic heterocycles. The minimum Gasteiger partial charge on any atom is -0.478 e. The normalized spacial score (nSPS) is 10.8. The van der Waals surface area contributed by atoms with Gasteiger partial charge in [0.05, 0.1) is 5.56 Å². The van der Waals surface area contributed by atoms with Crippen molar-refractivity contribution in [1.82, 2.24) is 14.6 Å². The molecule has 94 valence electrons. The Morgan fingerprint density at radius 2 is 1.84 bits per heavy atom. The number of rotatable bonds is 2. The molecule has 1 N–H and O–H groups in total. The fraction of sp³-hybridized carbons (Fsp3) is 0. The third-order valence-electron chi connectivity index (χ3n) is 2.75. The highest BCUT2D eigenvalue weighted by Gasteiger charge is 2.10. The van der Waals surface area contributed by atoms with Gasteiger partial charge in [-0.05, 0) is 24.3 Å². The van der Waals surface area contributed by atoms with E-state index in [2.05, 4.69) is 26.1 Å². The molecule has 0 saturated heterocycles. The van der Waals surface area contributed by atoms with E-state index in [1.54, 1.807) is 10.5 Å². The number of hydrogen-bond donors (Lipinski definition) is 1. The van der Waals surface area contributed by atoms with Gasteiger partial charge in [-0.2, -0.15) is 0 Å². The van der Waals surface area contributed by atoms with E-state index in [0.717, 1.165) is 10.0 Å². The van der Waals surface area contributed by atoms with E-state index in [1.165, 1.54) is 12.3 Å². The summed E-state index contributed by atoms with van der Waals surface area (Å²) in [6.45, 7) is 0. The highest BCUT2D eigenvalue weighted by Crippen LogP contribution is 2.21. The summed E-state index contributed by atoms with van der Waals surface area (Å²) in [4.78, 5) is 11.0. The van der Waals surface area contributed by atoms with Crippen LogP contribution in [-0.2, 0) is 0 Å². The van der Waals surface area contributed by atoms with Gasteiger partial charge in [-0.15, -0.1) is 10.2 Å². The van der Waals surface area contributed by atoms with Crippen molar-refractivity contribution in [2.75, 3.05) is 0 Å². The minimum atomic E-state index is -0.975. The van der Waals surface area contributed by atoms with Gasteiger partial charge in [-0.3, -0.25) is 4.40 Å². The van der Waals surface area contributed by atoms with E-state index in [9.17, 15) is 4.79 Å². The lowest BCUT2D eigenvalue weighted by molar-refractivity contribution is 0.0696. The molecule has 0 fully saturated rings. The van der Waals surface area contributed by atoms with Crippen LogP contribution >= 0.6 is 15.9 Å². The molecule has 6 heteroatoms. The van der Waals surface area contributed by atoms with Crippen molar-refractivity contribution >= 4 is 27.5 Å². The minimum absolute atomic E-state index is 0.200. The van der Waals surface area contributed by atoms with Gasteiger partial charge < -0.3 is 5.11 Å². The highest BCUT2D eigenvalue weighted by atomic mass is 79.9. The number of carboxylic acids is 1. The van der Waals surface area contributed by atoms with Crippen LogP contribution in [0.25, 0.3) is 17.0 Å². The maximum Gasteiger partial charge on any atom is 0.337 e. The Balaban J connectivity index is 2.21. The predicted octanol–water partition coefficient (Wildman–Crippen LogP) is 2.86. The average Bonchev–Trinajstić information content (AvgIpc) is 2.82. The number of carboxylic acid groups (broad SMARTS) is 1. The largest absolute Gasteiger partial charge is 0.478 e. The molecule has 3 aromatic rings. The molecule has 0 amide bonds. The summed E-state index contributed by atoms with van der Waals surface area (Å²) in [5, 5.41) is 17.1. The van der Waals surface area contributed by atoms with Crippen molar-refractivity contribution in [2.24, 2.45) is 0 Å². The Morgan fingerprint density at radius 1 is 1.11 bits per heavy atom. The van der Waals surface area contributed by atoms with E-state index >= 15 is 0 Å². The second-order valence-electron chi connectivity index (χ2n) is 3.98. The van der Waals surface area contributed by atoms with E-state index in [0.29, 0.717) is 11.5 Å². The van der Waals surface area contributed by atoms with Gasteiger partial charge in [0.25, 0.3) is 0 Å². The summed E-state index contributed by atoms with van der Waals surface area (Å²) in [6.07, 6.45) is 1.52. The number of fused-ring (bicyclic) bond motifs is 1. The first kappa shape index (κ1) is 11.9. The molecule has 0 aliphatic carbocycles. The predicted molar refractivity (Wildman–Crippen MR) is 73.1 cm³/mol. The number of nitrogens with zero attached hydrogens (tertiary/aromatic N) is 3. The topological polar surface area (TPSA) is 67.5 Å². The molecule has 5 nitrogen and oxygen atoms in total. The molecule has 0 aliphatic rings. The zero-order valence-corrected chi connectivity index (χ0v) is 11.2. The molecule has 2 heterocycles. The van der Waals surface area contributed by atoms with Crippen molar-refractivity contribution in [2.45, 2.75) is 0 Å². The summed E-state index contributed by atoms with van der Waals surface area (Å²) >= 11 is 3.37. The Labute approximate surface area is 116 Å². The first-order chi connectivity index (χ1) is 9.15. The van der Waals surface area contributed by atoms with Crippen LogP contribution in [0.5, 0.6) is 0 Å². The summed E-state index contributed by atoms with van der Waals surface area (Å²) in [5.74, 6) is -0.358. The second kappa shape index (κ2) is 4.47. The highest BCUT2D eigenvalue weighted by molar-refractivity contribution is 9.10. The molecule has 0 atom stereocenters. The molecular weight excluding hydrogens is 310 g/mol. The third-order valence-corrected chi connectivity index (χ3v) is 3.28. The number of hydrogen-bond acceptors (Lipinski definition) is 3. The van der Waals surface area contributed by atoms with Crippen molar-refractivity contribution in [1.29, 1.82) is 0 Å². The zero-order valence-electron chi connectivity index (χ0n) is 9.62. The number of aromatic carboxylic acids is 1. The first-order valence-corrected chi connectivity index (χ1v) is 6.28. The van der Waals surface area contributed by atoms with Crippen molar-refractivity contribution in [3.8, 4) is 11.4 Å². The van der Waals surface area contributed by atoms with E-state index in [4.69, 9.17) is 5.11 Å². The van der Waals surface area contributed by atoms with Gasteiger partial charge in [0, 0.05) is 16.2 Å². The molecule has 0 saturated carbocycles. The lowest BCUT2D eigenvalue weighted by Crippen LogP contribution is -1.99. The van der Waals surface area contributed by atoms with E-state index < -0.39 is 5.97 Å². The lowest BCUT2D eigenvalue weighted by atomic mass is 10.2. The van der Waals surface area contributed by atoms with Crippen molar-refractivity contribution in [3.63, 3.8) is 0 Å². The molecule has 3 rings (SSSR count). The molecule has 0 bridgehead atoms. The fourth-order valence-corrected chi connectivity index (χ4v) is 2.08. The molecule has 0 radical (unpaired) electrons. The Morgan fingerprint density at radius 3 is 2.53 bits per heavy atom. The van der Waals surface area contributed by atoms with E-state index in [1.807, 2.05) is 24.3 Å². The van der Waals surface area contributed by atoms with Crippen LogP contribution in [-0.4, -0.2) is 25.7 Å². The molecular formula is C13H8BrN3O2. The number of pyridine rings is 1. The summed E-state index contributed by atoms with van der Waals surface area (Å²) in [7, 11) is 0. The van der Waals surface area contributed by atoms with Gasteiger partial charge in [-0.25, -0.2) is 4.79 Å². The summed E-state index contributed by atoms with van der Waals surface area (Å²) in [6, 6.07) is 10.7. The summed E-state index contributed by atoms with van der Waals surface area (Å²) < 4.78 is 2.64. The van der Waals surface area contributed by atoms with Crippen LogP contribution in [0.15, 0.2) is 47.1 Å². The van der Waals surface area contributed by atoms with Crippen LogP contribution in [0.4, 0.5) is 0 Å². The van der Waals surface area contributed by atoms with Gasteiger partial charge in [0.1, 0.15) is 0 Å². The second-order valence-corrected chi connectivity index (χ2v) is 4.90. The van der Waals surface area contributed by atoms with Gasteiger partial charge in [0.2, 0.25) is 0 Å². The molecule has 19 heavy (non-hydrogen) atoms. The number of aromatic nitrogens is 3. The SMILES string of the molecule is O=C(O)c1ccc2nnc(-c3ccc(Br)cc3)n2c1. The quantitative estimate of drug-likeness (QED) is 0.789. The van der Waals surface area contributed by atoms with Crippen molar-refractivity contribution in [3.05, 3.63) is 52.6 Å². The Bertz CT molecular complexity index is 765. The van der Waals surface area contributed by atoms with E-state index in [-0.39, 0.29) is 5.56 Å². The maximum atomic E-state index is 11.0. The lowest BCUT2D eigenvalue weighted by Gasteiger charge is -2.01. The summed E-state index contributed by atoms with van der Waals surface area (Å²) in [5.41, 5.74) is 1.69. The number of carbonyl (C=O) groups is 1. The number of benzene rings is 1. The van der Waals surface area contributed by atoms with Gasteiger partial charge in [0.15, 0.2) is 11.5 Å². The van der Waals surface area contributed by atoms with Crippen LogP contribution in [0, 0.1) is 0 Å². The maximum absolute atomic E-state index is 11.0. The van der Waals surface area contributed by atoms with Gasteiger partial charge in [-0.1, -0.05) is 28.1 Å². The van der Waals surface area contributed by atoms with Crippen LogP contribution in [0.3, 0.4) is 0 Å². The molecule has 2 aromatic heterocycles.